The molecular weight excluding hydrogens is 414 g/mol. The molecule has 6 nitrogen and oxygen atoms in total. The summed E-state index contributed by atoms with van der Waals surface area (Å²) >= 11 is 0. The second kappa shape index (κ2) is 8.98. The highest BCUT2D eigenvalue weighted by molar-refractivity contribution is 5.90. The lowest BCUT2D eigenvalue weighted by Gasteiger charge is -2.22. The molecule has 3 aromatic carbocycles. The zero-order chi connectivity index (χ0) is 22.8. The standard InChI is InChI=1S/C27H27N3O3/c1-3-32-21-13-11-20(12-14-21)28-27(31)30-16-6-9-24(30)26-29-23-17-19(10-15-25(23)33-26)22-8-5-4-7-18(22)2/h4-5,7-8,10-15,17,24H,3,6,9,16H2,1-2H3,(H,28,31). The van der Waals surface area contributed by atoms with Gasteiger partial charge in [0.25, 0.3) is 0 Å². The highest BCUT2D eigenvalue weighted by Crippen LogP contribution is 2.35. The topological polar surface area (TPSA) is 67.6 Å². The number of fused-ring (bicyclic) bond motifs is 1. The molecule has 5 rings (SSSR count). The minimum atomic E-state index is -0.179. The van der Waals surface area contributed by atoms with Gasteiger partial charge in [0.1, 0.15) is 17.3 Å². The number of urea groups is 1. The van der Waals surface area contributed by atoms with E-state index >= 15 is 0 Å². The second-order valence-corrected chi connectivity index (χ2v) is 8.29. The van der Waals surface area contributed by atoms with Crippen LogP contribution < -0.4 is 10.1 Å². The van der Waals surface area contributed by atoms with E-state index < -0.39 is 0 Å². The maximum Gasteiger partial charge on any atom is 0.322 e. The first-order chi connectivity index (χ1) is 16.1. The molecule has 0 spiro atoms. The van der Waals surface area contributed by atoms with Gasteiger partial charge in [-0.3, -0.25) is 0 Å². The Hall–Kier alpha value is -3.80. The maximum absolute atomic E-state index is 13.0. The third-order valence-electron chi connectivity index (χ3n) is 6.08. The fourth-order valence-corrected chi connectivity index (χ4v) is 4.42. The van der Waals surface area contributed by atoms with E-state index in [0.717, 1.165) is 40.9 Å². The molecule has 1 N–H and O–H groups in total. The molecule has 0 bridgehead atoms. The van der Waals surface area contributed by atoms with E-state index in [9.17, 15) is 4.79 Å². The molecule has 33 heavy (non-hydrogen) atoms. The van der Waals surface area contributed by atoms with Crippen LogP contribution in [0.15, 0.2) is 71.1 Å². The van der Waals surface area contributed by atoms with Crippen LogP contribution in [0.3, 0.4) is 0 Å². The fraction of sp³-hybridized carbons (Fsp3) is 0.259. The van der Waals surface area contributed by atoms with E-state index in [-0.39, 0.29) is 12.1 Å². The molecule has 168 valence electrons. The van der Waals surface area contributed by atoms with Crippen molar-refractivity contribution in [1.29, 1.82) is 0 Å². The number of likely N-dealkylation sites (tertiary alicyclic amines) is 1. The van der Waals surface area contributed by atoms with Crippen LogP contribution in [-0.4, -0.2) is 29.1 Å². The SMILES string of the molecule is CCOc1ccc(NC(=O)N2CCCC2c2nc3cc(-c4ccccc4C)ccc3o2)cc1. The Labute approximate surface area is 193 Å². The van der Waals surface area contributed by atoms with Crippen molar-refractivity contribution in [2.24, 2.45) is 0 Å². The van der Waals surface area contributed by atoms with Gasteiger partial charge in [0.2, 0.25) is 5.89 Å². The van der Waals surface area contributed by atoms with Crippen LogP contribution >= 0.6 is 0 Å². The molecule has 1 aliphatic heterocycles. The Morgan fingerprint density at radius 1 is 1.15 bits per heavy atom. The van der Waals surface area contributed by atoms with E-state index in [1.807, 2.05) is 54.3 Å². The van der Waals surface area contributed by atoms with E-state index in [1.165, 1.54) is 11.1 Å². The number of hydrogen-bond donors (Lipinski definition) is 1. The lowest BCUT2D eigenvalue weighted by Crippen LogP contribution is -2.34. The average molecular weight is 442 g/mol. The largest absolute Gasteiger partial charge is 0.494 e. The molecule has 2 amide bonds. The van der Waals surface area contributed by atoms with Gasteiger partial charge in [0.15, 0.2) is 5.58 Å². The van der Waals surface area contributed by atoms with Gasteiger partial charge < -0.3 is 19.4 Å². The molecule has 4 aromatic rings. The Balaban J connectivity index is 1.36. The number of hydrogen-bond acceptors (Lipinski definition) is 4. The van der Waals surface area contributed by atoms with Crippen LogP contribution in [-0.2, 0) is 0 Å². The van der Waals surface area contributed by atoms with Crippen LogP contribution in [0.25, 0.3) is 22.2 Å². The number of nitrogens with one attached hydrogen (secondary N) is 1. The second-order valence-electron chi connectivity index (χ2n) is 8.29. The van der Waals surface area contributed by atoms with Crippen LogP contribution in [0.1, 0.15) is 37.3 Å². The Morgan fingerprint density at radius 2 is 1.97 bits per heavy atom. The summed E-state index contributed by atoms with van der Waals surface area (Å²) in [4.78, 5) is 19.6. The number of aryl methyl sites for hydroxylation is 1. The quantitative estimate of drug-likeness (QED) is 0.380. The Morgan fingerprint density at radius 3 is 2.76 bits per heavy atom. The van der Waals surface area contributed by atoms with Crippen molar-refractivity contribution in [3.05, 3.63) is 78.2 Å². The van der Waals surface area contributed by atoms with E-state index in [0.29, 0.717) is 19.0 Å². The van der Waals surface area contributed by atoms with Crippen molar-refractivity contribution in [2.45, 2.75) is 32.7 Å². The molecule has 1 aromatic heterocycles. The third kappa shape index (κ3) is 4.29. The zero-order valence-electron chi connectivity index (χ0n) is 18.9. The summed E-state index contributed by atoms with van der Waals surface area (Å²) in [6, 6.07) is 21.5. The number of anilines is 1. The van der Waals surface area contributed by atoms with Crippen molar-refractivity contribution < 1.29 is 13.9 Å². The Kier molecular flexibility index (Phi) is 5.73. The molecular formula is C27H27N3O3. The molecule has 1 fully saturated rings. The number of ether oxygens (including phenoxy) is 1. The molecule has 1 aliphatic rings. The number of aromatic nitrogens is 1. The minimum Gasteiger partial charge on any atom is -0.494 e. The molecule has 0 aliphatic carbocycles. The smallest absolute Gasteiger partial charge is 0.322 e. The van der Waals surface area contributed by atoms with E-state index in [2.05, 4.69) is 36.5 Å². The Bertz CT molecular complexity index is 1280. The highest BCUT2D eigenvalue weighted by Gasteiger charge is 2.33. The zero-order valence-corrected chi connectivity index (χ0v) is 18.9. The maximum atomic E-state index is 13.0. The van der Waals surface area contributed by atoms with Crippen molar-refractivity contribution in [1.82, 2.24) is 9.88 Å². The number of carbonyl (C=O) groups is 1. The average Bonchev–Trinajstić information content (AvgIpc) is 3.47. The van der Waals surface area contributed by atoms with Gasteiger partial charge in [-0.05, 0) is 79.8 Å². The number of nitrogens with zero attached hydrogens (tertiary/aromatic N) is 2. The van der Waals surface area contributed by atoms with Crippen molar-refractivity contribution in [3.8, 4) is 16.9 Å². The van der Waals surface area contributed by atoms with Gasteiger partial charge in [0.05, 0.1) is 6.61 Å². The molecule has 2 heterocycles. The highest BCUT2D eigenvalue weighted by atomic mass is 16.5. The summed E-state index contributed by atoms with van der Waals surface area (Å²) < 4.78 is 11.6. The monoisotopic (exact) mass is 441 g/mol. The molecule has 0 radical (unpaired) electrons. The molecule has 1 unspecified atom stereocenters. The third-order valence-corrected chi connectivity index (χ3v) is 6.08. The normalized spacial score (nSPS) is 15.7. The minimum absolute atomic E-state index is 0.149. The summed E-state index contributed by atoms with van der Waals surface area (Å²) in [5.41, 5.74) is 5.78. The van der Waals surface area contributed by atoms with Crippen molar-refractivity contribution in [2.75, 3.05) is 18.5 Å². The van der Waals surface area contributed by atoms with Crippen LogP contribution in [0.4, 0.5) is 10.5 Å². The van der Waals surface area contributed by atoms with E-state index in [4.69, 9.17) is 14.1 Å². The predicted octanol–water partition coefficient (Wildman–Crippen LogP) is 6.57. The summed E-state index contributed by atoms with van der Waals surface area (Å²) in [5, 5.41) is 2.99. The van der Waals surface area contributed by atoms with Gasteiger partial charge in [-0.15, -0.1) is 0 Å². The van der Waals surface area contributed by atoms with Crippen LogP contribution in [0, 0.1) is 6.92 Å². The van der Waals surface area contributed by atoms with Gasteiger partial charge in [-0.2, -0.15) is 0 Å². The first kappa shape index (κ1) is 21.1. The van der Waals surface area contributed by atoms with Gasteiger partial charge in [-0.1, -0.05) is 30.3 Å². The predicted molar refractivity (Wildman–Crippen MR) is 129 cm³/mol. The number of amides is 2. The van der Waals surface area contributed by atoms with E-state index in [1.54, 1.807) is 0 Å². The number of oxazole rings is 1. The number of carbonyl (C=O) groups excluding carboxylic acids is 1. The fourth-order valence-electron chi connectivity index (χ4n) is 4.42. The van der Waals surface area contributed by atoms with Gasteiger partial charge in [0, 0.05) is 12.2 Å². The first-order valence-corrected chi connectivity index (χ1v) is 11.4. The van der Waals surface area contributed by atoms with Crippen LogP contribution in [0.2, 0.25) is 0 Å². The lowest BCUT2D eigenvalue weighted by atomic mass is 10.0. The number of rotatable bonds is 5. The molecule has 0 saturated carbocycles. The summed E-state index contributed by atoms with van der Waals surface area (Å²) in [6.07, 6.45) is 1.74. The summed E-state index contributed by atoms with van der Waals surface area (Å²) in [7, 11) is 0. The molecule has 6 heteroatoms. The lowest BCUT2D eigenvalue weighted by molar-refractivity contribution is 0.199. The van der Waals surface area contributed by atoms with Gasteiger partial charge >= 0.3 is 6.03 Å². The number of benzene rings is 3. The van der Waals surface area contributed by atoms with Gasteiger partial charge in [-0.25, -0.2) is 9.78 Å². The molecule has 1 atom stereocenters. The van der Waals surface area contributed by atoms with Crippen LogP contribution in [0.5, 0.6) is 5.75 Å². The molecule has 1 saturated heterocycles. The summed E-state index contributed by atoms with van der Waals surface area (Å²) in [6.45, 7) is 5.32. The van der Waals surface area contributed by atoms with Crippen molar-refractivity contribution in [3.63, 3.8) is 0 Å². The first-order valence-electron chi connectivity index (χ1n) is 11.4. The van der Waals surface area contributed by atoms with Crippen molar-refractivity contribution >= 4 is 22.8 Å². The summed E-state index contributed by atoms with van der Waals surface area (Å²) in [5.74, 6) is 1.37.